The molecule has 0 spiro atoms. The van der Waals surface area contributed by atoms with Gasteiger partial charge in [0.15, 0.2) is 0 Å². The first-order chi connectivity index (χ1) is 26.0. The molecule has 0 aromatic heterocycles. The third-order valence-electron chi connectivity index (χ3n) is 10.1. The van der Waals surface area contributed by atoms with Gasteiger partial charge < -0.3 is 46.6 Å². The minimum atomic E-state index is -1.47. The van der Waals surface area contributed by atoms with Crippen molar-refractivity contribution >= 4 is 41.4 Å². The number of amides is 6. The predicted octanol–water partition coefficient (Wildman–Crippen LogP) is -1.15. The highest BCUT2D eigenvalue weighted by atomic mass is 16.4. The topological polar surface area (TPSA) is 227 Å². The van der Waals surface area contributed by atoms with Crippen LogP contribution in [0.5, 0.6) is 0 Å². The molecule has 3 fully saturated rings. The molecule has 5 rings (SSSR count). The van der Waals surface area contributed by atoms with E-state index in [0.29, 0.717) is 43.4 Å². The van der Waals surface area contributed by atoms with Crippen molar-refractivity contribution in [3.8, 4) is 0 Å². The van der Waals surface area contributed by atoms with Gasteiger partial charge >= 0.3 is 5.97 Å². The van der Waals surface area contributed by atoms with Crippen molar-refractivity contribution < 1.29 is 43.8 Å². The zero-order chi connectivity index (χ0) is 38.6. The van der Waals surface area contributed by atoms with Crippen LogP contribution in [0.1, 0.15) is 49.7 Å². The number of benzene rings is 2. The van der Waals surface area contributed by atoms with E-state index in [1.807, 2.05) is 0 Å². The van der Waals surface area contributed by atoms with Crippen LogP contribution in [0, 0.1) is 0 Å². The Labute approximate surface area is 313 Å². The van der Waals surface area contributed by atoms with Gasteiger partial charge in [0, 0.05) is 25.9 Å². The number of carbonyl (C=O) groups is 7. The van der Waals surface area contributed by atoms with Gasteiger partial charge in [-0.3, -0.25) is 28.8 Å². The number of nitrogens with zero attached hydrogens (tertiary/aromatic N) is 2. The van der Waals surface area contributed by atoms with Crippen LogP contribution in [-0.4, -0.2) is 130 Å². The minimum Gasteiger partial charge on any atom is -0.480 e. The lowest BCUT2D eigenvalue weighted by molar-refractivity contribution is -0.145. The van der Waals surface area contributed by atoms with Crippen molar-refractivity contribution in [3.63, 3.8) is 0 Å². The first kappa shape index (κ1) is 39.8. The molecule has 2 aromatic carbocycles. The Morgan fingerprint density at radius 1 is 0.704 bits per heavy atom. The number of carboxylic acids is 1. The molecule has 54 heavy (non-hydrogen) atoms. The molecule has 0 bridgehead atoms. The summed E-state index contributed by atoms with van der Waals surface area (Å²) in [4.78, 5) is 94.7. The van der Waals surface area contributed by atoms with Gasteiger partial charge in [-0.05, 0) is 56.2 Å². The number of rotatable bonds is 16. The second-order valence-corrected chi connectivity index (χ2v) is 13.9. The number of carbonyl (C=O) groups excluding carboxylic acids is 6. The largest absolute Gasteiger partial charge is 0.480 e. The van der Waals surface area contributed by atoms with E-state index in [4.69, 9.17) is 0 Å². The summed E-state index contributed by atoms with van der Waals surface area (Å²) in [6.07, 6.45) is 3.46. The lowest BCUT2D eigenvalue weighted by Gasteiger charge is -2.29. The van der Waals surface area contributed by atoms with Crippen LogP contribution < -0.4 is 26.6 Å². The summed E-state index contributed by atoms with van der Waals surface area (Å²) in [5.74, 6) is -4.70. The number of hydrogen-bond donors (Lipinski definition) is 7. The summed E-state index contributed by atoms with van der Waals surface area (Å²) in [6.45, 7) is 0.0607. The third-order valence-corrected chi connectivity index (χ3v) is 10.1. The van der Waals surface area contributed by atoms with E-state index < -0.39 is 78.9 Å². The summed E-state index contributed by atoms with van der Waals surface area (Å²) in [5, 5.41) is 33.4. The molecule has 2 aromatic rings. The van der Waals surface area contributed by atoms with Gasteiger partial charge in [0.2, 0.25) is 35.4 Å². The van der Waals surface area contributed by atoms with Gasteiger partial charge in [0.25, 0.3) is 0 Å². The zero-order valence-electron chi connectivity index (χ0n) is 30.1. The van der Waals surface area contributed by atoms with Gasteiger partial charge in [0.05, 0.1) is 19.2 Å². The second kappa shape index (κ2) is 19.1. The quantitative estimate of drug-likeness (QED) is 0.109. The fourth-order valence-corrected chi connectivity index (χ4v) is 7.27. The monoisotopic (exact) mass is 747 g/mol. The molecule has 0 unspecified atom stereocenters. The van der Waals surface area contributed by atoms with E-state index in [1.165, 1.54) is 4.90 Å². The lowest BCUT2D eigenvalue weighted by Crippen LogP contribution is -2.59. The predicted molar refractivity (Wildman–Crippen MR) is 194 cm³/mol. The molecule has 6 amide bonds. The van der Waals surface area contributed by atoms with Crippen LogP contribution in [0.4, 0.5) is 0 Å². The van der Waals surface area contributed by atoms with Gasteiger partial charge in [-0.1, -0.05) is 60.7 Å². The number of aliphatic carboxylic acids is 1. The van der Waals surface area contributed by atoms with Gasteiger partial charge in [-0.25, -0.2) is 4.79 Å². The molecule has 3 aliphatic heterocycles. The highest BCUT2D eigenvalue weighted by Gasteiger charge is 2.40. The Morgan fingerprint density at radius 3 is 1.87 bits per heavy atom. The summed E-state index contributed by atoms with van der Waals surface area (Å²) >= 11 is 0. The minimum absolute atomic E-state index is 0.0186. The van der Waals surface area contributed by atoms with Crippen molar-refractivity contribution in [3.05, 3.63) is 71.8 Å². The first-order valence-corrected chi connectivity index (χ1v) is 18.5. The molecule has 0 saturated carbocycles. The van der Waals surface area contributed by atoms with Crippen LogP contribution in [-0.2, 0) is 46.4 Å². The molecule has 7 N–H and O–H groups in total. The SMILES string of the molecule is O=C(CNC(=O)[C@@H]1CCCN1C(=O)[C@@H]1CCCN1)N[C@@H](Cc1ccccc1)C(=O)N[C@@H](CO)C(=O)N1CCC[C@H]1C(=O)N[C@H](Cc1ccccc1)C(=O)O. The summed E-state index contributed by atoms with van der Waals surface area (Å²) in [6, 6.07) is 11.6. The molecular weight excluding hydrogens is 698 g/mol. The van der Waals surface area contributed by atoms with Crippen LogP contribution in [0.2, 0.25) is 0 Å². The molecule has 6 atom stereocenters. The number of hydrogen-bond acceptors (Lipinski definition) is 9. The molecule has 3 heterocycles. The number of likely N-dealkylation sites (tertiary alicyclic amines) is 2. The van der Waals surface area contributed by atoms with E-state index in [9.17, 15) is 43.8 Å². The summed E-state index contributed by atoms with van der Waals surface area (Å²) < 4.78 is 0. The maximum atomic E-state index is 13.7. The molecular formula is C38H49N7O9. The molecule has 16 nitrogen and oxygen atoms in total. The number of aliphatic hydroxyl groups is 1. The van der Waals surface area contributed by atoms with Crippen molar-refractivity contribution in [2.45, 2.75) is 87.6 Å². The normalized spacial score (nSPS) is 21.1. The third kappa shape index (κ3) is 10.4. The Kier molecular flexibility index (Phi) is 14.1. The van der Waals surface area contributed by atoms with E-state index in [0.717, 1.165) is 13.0 Å². The summed E-state index contributed by atoms with van der Waals surface area (Å²) in [7, 11) is 0. The molecule has 16 heteroatoms. The number of nitrogens with one attached hydrogen (secondary N) is 5. The molecule has 290 valence electrons. The highest BCUT2D eigenvalue weighted by molar-refractivity contribution is 5.96. The van der Waals surface area contributed by atoms with Crippen molar-refractivity contribution in [1.82, 2.24) is 36.4 Å². The lowest BCUT2D eigenvalue weighted by atomic mass is 10.0. The molecule has 0 radical (unpaired) electrons. The van der Waals surface area contributed by atoms with Crippen LogP contribution in [0.15, 0.2) is 60.7 Å². The Hall–Kier alpha value is -5.35. The van der Waals surface area contributed by atoms with Crippen LogP contribution in [0.25, 0.3) is 0 Å². The van der Waals surface area contributed by atoms with Crippen molar-refractivity contribution in [1.29, 1.82) is 0 Å². The highest BCUT2D eigenvalue weighted by Crippen LogP contribution is 2.21. The fourth-order valence-electron chi connectivity index (χ4n) is 7.27. The maximum absolute atomic E-state index is 13.7. The average molecular weight is 748 g/mol. The Balaban J connectivity index is 1.20. The number of aliphatic hydroxyl groups excluding tert-OH is 1. The van der Waals surface area contributed by atoms with E-state index in [1.54, 1.807) is 65.6 Å². The van der Waals surface area contributed by atoms with Crippen LogP contribution in [0.3, 0.4) is 0 Å². The standard InChI is InChI=1S/C38H49N7O9/c46-23-29(37(52)45-19-9-16-31(45)35(50)42-28(38(53)54)21-25-12-5-2-6-13-25)43-33(48)27(20-24-10-3-1-4-11-24)41-32(47)22-40-34(49)30-15-8-18-44(30)36(51)26-14-7-17-39-26/h1-6,10-13,26-31,39,46H,7-9,14-23H2,(H,40,49)(H,41,47)(H,42,50)(H,43,48)(H,53,54)/t26-,27-,28+,29-,30-,31-/m0/s1. The van der Waals surface area contributed by atoms with Crippen LogP contribution >= 0.6 is 0 Å². The van der Waals surface area contributed by atoms with Gasteiger partial charge in [-0.2, -0.15) is 0 Å². The van der Waals surface area contributed by atoms with E-state index in [-0.39, 0.29) is 37.8 Å². The van der Waals surface area contributed by atoms with Gasteiger partial charge in [-0.15, -0.1) is 0 Å². The fraction of sp³-hybridized carbons (Fsp3) is 0.500. The van der Waals surface area contributed by atoms with Crippen molar-refractivity contribution in [2.75, 3.05) is 32.8 Å². The van der Waals surface area contributed by atoms with Gasteiger partial charge in [0.1, 0.15) is 30.2 Å². The summed E-state index contributed by atoms with van der Waals surface area (Å²) in [5.41, 5.74) is 1.39. The van der Waals surface area contributed by atoms with Crippen molar-refractivity contribution in [2.24, 2.45) is 0 Å². The Bertz CT molecular complexity index is 1650. The second-order valence-electron chi connectivity index (χ2n) is 13.9. The smallest absolute Gasteiger partial charge is 0.326 e. The van der Waals surface area contributed by atoms with E-state index >= 15 is 0 Å². The molecule has 0 aliphatic carbocycles. The molecule has 3 aliphatic rings. The maximum Gasteiger partial charge on any atom is 0.326 e. The Morgan fingerprint density at radius 2 is 1.30 bits per heavy atom. The van der Waals surface area contributed by atoms with E-state index in [2.05, 4.69) is 26.6 Å². The number of carboxylic acid groups (broad SMARTS) is 1. The molecule has 3 saturated heterocycles. The average Bonchev–Trinajstić information content (AvgIpc) is 3.99. The first-order valence-electron chi connectivity index (χ1n) is 18.5. The zero-order valence-corrected chi connectivity index (χ0v) is 30.1.